The Morgan fingerprint density at radius 2 is 1.61 bits per heavy atom. The van der Waals surface area contributed by atoms with Crippen LogP contribution < -0.4 is 18.9 Å². The van der Waals surface area contributed by atoms with Crippen molar-refractivity contribution in [3.8, 4) is 23.0 Å². The summed E-state index contributed by atoms with van der Waals surface area (Å²) in [6, 6.07) is 10.3. The molecule has 0 saturated carbocycles. The van der Waals surface area contributed by atoms with Gasteiger partial charge in [0.05, 0.1) is 40.2 Å². The van der Waals surface area contributed by atoms with E-state index in [0.717, 1.165) is 16.3 Å². The molecule has 148 valence electrons. The first-order chi connectivity index (χ1) is 13.5. The van der Waals surface area contributed by atoms with E-state index >= 15 is 0 Å². The van der Waals surface area contributed by atoms with Gasteiger partial charge in [-0.25, -0.2) is 4.79 Å². The minimum absolute atomic E-state index is 0.414. The van der Waals surface area contributed by atoms with Crippen LogP contribution in [0.5, 0.6) is 23.0 Å². The van der Waals surface area contributed by atoms with Crippen molar-refractivity contribution >= 4 is 11.8 Å². The lowest BCUT2D eigenvalue weighted by atomic mass is 9.97. The fraction of sp³-hybridized carbons (Fsp3) is 0.300. The van der Waals surface area contributed by atoms with Gasteiger partial charge in [-0.3, -0.25) is 0 Å². The molecule has 1 aliphatic heterocycles. The highest BCUT2D eigenvalue weighted by Gasteiger charge is 2.34. The van der Waals surface area contributed by atoms with Crippen molar-refractivity contribution in [2.24, 2.45) is 5.10 Å². The number of benzene rings is 2. The van der Waals surface area contributed by atoms with E-state index in [9.17, 15) is 9.90 Å². The molecule has 2 aromatic carbocycles. The number of amides is 1. The lowest BCUT2D eigenvalue weighted by Crippen LogP contribution is -2.25. The third-order valence-corrected chi connectivity index (χ3v) is 4.60. The normalized spacial score (nSPS) is 15.8. The number of carbonyl (C=O) groups is 1. The van der Waals surface area contributed by atoms with Crippen LogP contribution in [0.25, 0.3) is 0 Å². The number of hydrogen-bond donors (Lipinski definition) is 1. The quantitative estimate of drug-likeness (QED) is 0.817. The van der Waals surface area contributed by atoms with E-state index in [1.165, 1.54) is 21.3 Å². The SMILES string of the molecule is COc1ccc(C2=NN(C(=O)O)C(c3cc(OC)c(OC)c(OC)c3)C2)cc1. The highest BCUT2D eigenvalue weighted by Crippen LogP contribution is 2.43. The van der Waals surface area contributed by atoms with Crippen molar-refractivity contribution in [1.82, 2.24) is 5.01 Å². The van der Waals surface area contributed by atoms with Crippen molar-refractivity contribution in [3.63, 3.8) is 0 Å². The molecule has 1 unspecified atom stereocenters. The minimum atomic E-state index is -1.14. The van der Waals surface area contributed by atoms with Crippen LogP contribution in [0.1, 0.15) is 23.6 Å². The Balaban J connectivity index is 1.99. The summed E-state index contributed by atoms with van der Waals surface area (Å²) in [7, 11) is 6.15. The molecule has 0 saturated heterocycles. The van der Waals surface area contributed by atoms with Crippen LogP contribution in [0.3, 0.4) is 0 Å². The predicted molar refractivity (Wildman–Crippen MR) is 103 cm³/mol. The molecule has 1 heterocycles. The van der Waals surface area contributed by atoms with Crippen LogP contribution in [0, 0.1) is 0 Å². The maximum Gasteiger partial charge on any atom is 0.428 e. The lowest BCUT2D eigenvalue weighted by molar-refractivity contribution is 0.134. The smallest absolute Gasteiger partial charge is 0.428 e. The summed E-state index contributed by atoms with van der Waals surface area (Å²) < 4.78 is 21.3. The zero-order valence-electron chi connectivity index (χ0n) is 16.1. The third kappa shape index (κ3) is 3.53. The van der Waals surface area contributed by atoms with Gasteiger partial charge in [-0.2, -0.15) is 10.1 Å². The molecule has 0 bridgehead atoms. The molecule has 0 fully saturated rings. The van der Waals surface area contributed by atoms with E-state index in [4.69, 9.17) is 18.9 Å². The van der Waals surface area contributed by atoms with Gasteiger partial charge in [-0.05, 0) is 47.5 Å². The average Bonchev–Trinajstić information content (AvgIpc) is 3.18. The van der Waals surface area contributed by atoms with Gasteiger partial charge >= 0.3 is 6.09 Å². The standard InChI is InChI=1S/C20H22N2O6/c1-25-14-7-5-12(6-8-14)15-11-16(22(21-15)20(23)24)13-9-17(26-2)19(28-4)18(10-13)27-3/h5-10,16H,11H2,1-4H3,(H,23,24). The minimum Gasteiger partial charge on any atom is -0.497 e. The number of hydrogen-bond acceptors (Lipinski definition) is 6. The molecule has 2 aromatic rings. The second-order valence-electron chi connectivity index (χ2n) is 6.08. The van der Waals surface area contributed by atoms with E-state index in [1.807, 2.05) is 24.3 Å². The van der Waals surface area contributed by atoms with Gasteiger partial charge in [0.25, 0.3) is 0 Å². The Morgan fingerprint density at radius 3 is 2.07 bits per heavy atom. The molecule has 28 heavy (non-hydrogen) atoms. The molecule has 1 atom stereocenters. The van der Waals surface area contributed by atoms with Crippen LogP contribution in [0.15, 0.2) is 41.5 Å². The van der Waals surface area contributed by atoms with E-state index in [-0.39, 0.29) is 0 Å². The van der Waals surface area contributed by atoms with Crippen molar-refractivity contribution < 1.29 is 28.8 Å². The second kappa shape index (κ2) is 8.08. The molecule has 3 rings (SSSR count). The lowest BCUT2D eigenvalue weighted by Gasteiger charge is -2.21. The summed E-state index contributed by atoms with van der Waals surface area (Å²) in [5, 5.41) is 15.0. The molecule has 1 N–H and O–H groups in total. The number of carboxylic acid groups (broad SMARTS) is 1. The molecule has 8 heteroatoms. The van der Waals surface area contributed by atoms with Crippen LogP contribution in [-0.2, 0) is 0 Å². The van der Waals surface area contributed by atoms with Crippen LogP contribution >= 0.6 is 0 Å². The fourth-order valence-corrected chi connectivity index (χ4v) is 3.20. The molecular formula is C20H22N2O6. The molecule has 8 nitrogen and oxygen atoms in total. The molecule has 1 aliphatic rings. The van der Waals surface area contributed by atoms with E-state index < -0.39 is 12.1 Å². The van der Waals surface area contributed by atoms with Crippen LogP contribution in [-0.4, -0.2) is 50.4 Å². The van der Waals surface area contributed by atoms with Gasteiger partial charge in [-0.15, -0.1) is 0 Å². The number of ether oxygens (including phenoxy) is 4. The third-order valence-electron chi connectivity index (χ3n) is 4.60. The maximum absolute atomic E-state index is 11.8. The summed E-state index contributed by atoms with van der Waals surface area (Å²) in [5.74, 6) is 2.09. The van der Waals surface area contributed by atoms with E-state index in [1.54, 1.807) is 19.2 Å². The van der Waals surface area contributed by atoms with Gasteiger partial charge < -0.3 is 24.1 Å². The number of nitrogens with zero attached hydrogens (tertiary/aromatic N) is 2. The molecule has 0 aromatic heterocycles. The summed E-state index contributed by atoms with van der Waals surface area (Å²) in [6.07, 6.45) is -0.723. The fourth-order valence-electron chi connectivity index (χ4n) is 3.20. The molecule has 0 radical (unpaired) electrons. The number of hydrazone groups is 1. The summed E-state index contributed by atoms with van der Waals surface area (Å²) in [6.45, 7) is 0. The first-order valence-corrected chi connectivity index (χ1v) is 8.56. The zero-order chi connectivity index (χ0) is 20.3. The number of methoxy groups -OCH3 is 4. The largest absolute Gasteiger partial charge is 0.497 e. The topological polar surface area (TPSA) is 89.8 Å². The monoisotopic (exact) mass is 386 g/mol. The van der Waals surface area contributed by atoms with Gasteiger partial charge in [0.1, 0.15) is 5.75 Å². The van der Waals surface area contributed by atoms with Crippen LogP contribution in [0.4, 0.5) is 4.79 Å². The van der Waals surface area contributed by atoms with Crippen LogP contribution in [0.2, 0.25) is 0 Å². The highest BCUT2D eigenvalue weighted by molar-refractivity contribution is 6.02. The van der Waals surface area contributed by atoms with E-state index in [0.29, 0.717) is 34.9 Å². The molecule has 0 spiro atoms. The zero-order valence-corrected chi connectivity index (χ0v) is 16.1. The Morgan fingerprint density at radius 1 is 1.00 bits per heavy atom. The van der Waals surface area contributed by atoms with Crippen molar-refractivity contribution in [1.29, 1.82) is 0 Å². The maximum atomic E-state index is 11.8. The van der Waals surface area contributed by atoms with Gasteiger partial charge in [0, 0.05) is 6.42 Å². The Labute approximate surface area is 162 Å². The van der Waals surface area contributed by atoms with Crippen molar-refractivity contribution in [2.75, 3.05) is 28.4 Å². The molecule has 1 amide bonds. The summed E-state index contributed by atoms with van der Waals surface area (Å²) in [5.41, 5.74) is 2.20. The summed E-state index contributed by atoms with van der Waals surface area (Å²) in [4.78, 5) is 11.8. The average molecular weight is 386 g/mol. The number of rotatable bonds is 6. The molecular weight excluding hydrogens is 364 g/mol. The van der Waals surface area contributed by atoms with Gasteiger partial charge in [0.2, 0.25) is 5.75 Å². The van der Waals surface area contributed by atoms with Gasteiger partial charge in [-0.1, -0.05) is 0 Å². The van der Waals surface area contributed by atoms with E-state index in [2.05, 4.69) is 5.10 Å². The predicted octanol–water partition coefficient (Wildman–Crippen LogP) is 3.55. The Hall–Kier alpha value is -3.42. The van der Waals surface area contributed by atoms with Gasteiger partial charge in [0.15, 0.2) is 11.5 Å². The van der Waals surface area contributed by atoms with Crippen molar-refractivity contribution in [2.45, 2.75) is 12.5 Å². The Kier molecular flexibility index (Phi) is 5.58. The summed E-state index contributed by atoms with van der Waals surface area (Å²) >= 11 is 0. The highest BCUT2D eigenvalue weighted by atomic mass is 16.5. The Bertz CT molecular complexity index is 869. The van der Waals surface area contributed by atoms with Crippen molar-refractivity contribution in [3.05, 3.63) is 47.5 Å². The first kappa shape index (κ1) is 19.3. The second-order valence-corrected chi connectivity index (χ2v) is 6.08. The first-order valence-electron chi connectivity index (χ1n) is 8.56. The molecule has 0 aliphatic carbocycles.